The van der Waals surface area contributed by atoms with Crippen molar-refractivity contribution in [1.82, 2.24) is 15.2 Å². The molecule has 0 radical (unpaired) electrons. The first kappa shape index (κ1) is 16.9. The summed E-state index contributed by atoms with van der Waals surface area (Å²) in [6.07, 6.45) is 8.43. The number of aryl methyl sites for hydroxylation is 1. The molecule has 2 atom stereocenters. The van der Waals surface area contributed by atoms with Crippen molar-refractivity contribution < 1.29 is 4.79 Å². The predicted molar refractivity (Wildman–Crippen MR) is 101 cm³/mol. The third kappa shape index (κ3) is 3.16. The van der Waals surface area contributed by atoms with Crippen molar-refractivity contribution in [1.29, 1.82) is 0 Å². The lowest BCUT2D eigenvalue weighted by atomic mass is 9.70. The molecule has 1 N–H and O–H groups in total. The van der Waals surface area contributed by atoms with Crippen LogP contribution >= 0.6 is 0 Å². The number of amides is 1. The average molecular weight is 352 g/mol. The fraction of sp³-hybridized carbons (Fsp3) is 0.500. The average Bonchev–Trinajstić information content (AvgIpc) is 2.68. The number of hydrogen-bond acceptors (Lipinski definition) is 4. The SMILES string of the molecule is Cn1nc(C(=O)N/N=C2/CC[C@@H]3CCCC[C@H]3C2)c2ccccc2c1=O. The molecule has 0 aliphatic heterocycles. The Kier molecular flexibility index (Phi) is 4.57. The van der Waals surface area contributed by atoms with Crippen molar-refractivity contribution in [2.24, 2.45) is 24.0 Å². The van der Waals surface area contributed by atoms with Crippen LogP contribution in [-0.4, -0.2) is 21.4 Å². The largest absolute Gasteiger partial charge is 0.292 e. The summed E-state index contributed by atoms with van der Waals surface area (Å²) < 4.78 is 1.21. The number of fused-ring (bicyclic) bond motifs is 2. The van der Waals surface area contributed by atoms with E-state index in [4.69, 9.17) is 0 Å². The summed E-state index contributed by atoms with van der Waals surface area (Å²) in [4.78, 5) is 24.8. The first-order chi connectivity index (χ1) is 12.6. The van der Waals surface area contributed by atoms with E-state index < -0.39 is 0 Å². The molecule has 0 unspecified atom stereocenters. The van der Waals surface area contributed by atoms with Gasteiger partial charge in [-0.15, -0.1) is 0 Å². The van der Waals surface area contributed by atoms with Crippen LogP contribution in [0.15, 0.2) is 34.2 Å². The molecular formula is C20H24N4O2. The zero-order valence-electron chi connectivity index (χ0n) is 15.1. The fourth-order valence-electron chi connectivity index (χ4n) is 4.44. The highest BCUT2D eigenvalue weighted by atomic mass is 16.2. The van der Waals surface area contributed by atoms with E-state index in [-0.39, 0.29) is 17.2 Å². The van der Waals surface area contributed by atoms with Crippen LogP contribution in [0.5, 0.6) is 0 Å². The van der Waals surface area contributed by atoms with Crippen LogP contribution in [0.1, 0.15) is 55.4 Å². The van der Waals surface area contributed by atoms with Gasteiger partial charge in [0.1, 0.15) is 0 Å². The summed E-state index contributed by atoms with van der Waals surface area (Å²) in [7, 11) is 1.56. The van der Waals surface area contributed by atoms with Crippen LogP contribution in [0, 0.1) is 11.8 Å². The minimum absolute atomic E-state index is 0.209. The van der Waals surface area contributed by atoms with Gasteiger partial charge in [-0.3, -0.25) is 9.59 Å². The Bertz CT molecular complexity index is 931. The Balaban J connectivity index is 1.55. The quantitative estimate of drug-likeness (QED) is 0.844. The minimum Gasteiger partial charge on any atom is -0.267 e. The Morgan fingerprint density at radius 3 is 2.69 bits per heavy atom. The first-order valence-corrected chi connectivity index (χ1v) is 9.45. The van der Waals surface area contributed by atoms with Crippen LogP contribution in [-0.2, 0) is 7.05 Å². The van der Waals surface area contributed by atoms with Gasteiger partial charge in [-0.2, -0.15) is 10.2 Å². The Labute approximate surface area is 152 Å². The molecule has 1 aromatic carbocycles. The van der Waals surface area contributed by atoms with E-state index in [2.05, 4.69) is 15.6 Å². The lowest BCUT2D eigenvalue weighted by Gasteiger charge is -2.35. The predicted octanol–water partition coefficient (Wildman–Crippen LogP) is 3.01. The second-order valence-electron chi connectivity index (χ2n) is 7.49. The lowest BCUT2D eigenvalue weighted by molar-refractivity contribution is 0.0949. The molecule has 6 nitrogen and oxygen atoms in total. The van der Waals surface area contributed by atoms with Crippen molar-refractivity contribution in [3.05, 3.63) is 40.3 Å². The lowest BCUT2D eigenvalue weighted by Crippen LogP contribution is -2.31. The van der Waals surface area contributed by atoms with Crippen molar-refractivity contribution >= 4 is 22.4 Å². The number of hydrazone groups is 1. The van der Waals surface area contributed by atoms with Gasteiger partial charge in [0.05, 0.1) is 5.39 Å². The molecule has 2 fully saturated rings. The summed E-state index contributed by atoms with van der Waals surface area (Å²) in [6.45, 7) is 0. The number of benzene rings is 1. The monoisotopic (exact) mass is 352 g/mol. The molecule has 1 heterocycles. The maximum atomic E-state index is 12.7. The molecule has 0 saturated heterocycles. The molecular weight excluding hydrogens is 328 g/mol. The molecule has 26 heavy (non-hydrogen) atoms. The van der Waals surface area contributed by atoms with E-state index in [0.717, 1.165) is 30.4 Å². The van der Waals surface area contributed by atoms with Crippen LogP contribution in [0.4, 0.5) is 0 Å². The number of nitrogens with one attached hydrogen (secondary N) is 1. The Hall–Kier alpha value is -2.50. The summed E-state index contributed by atoms with van der Waals surface area (Å²) in [5, 5.41) is 9.60. The Morgan fingerprint density at radius 2 is 1.88 bits per heavy atom. The molecule has 1 aromatic heterocycles. The van der Waals surface area contributed by atoms with Crippen LogP contribution in [0.25, 0.3) is 10.8 Å². The van der Waals surface area contributed by atoms with E-state index >= 15 is 0 Å². The second-order valence-corrected chi connectivity index (χ2v) is 7.49. The van der Waals surface area contributed by atoms with Crippen LogP contribution in [0.3, 0.4) is 0 Å². The second kappa shape index (κ2) is 7.02. The molecule has 6 heteroatoms. The minimum atomic E-state index is -0.366. The molecule has 1 amide bonds. The number of aromatic nitrogens is 2. The van der Waals surface area contributed by atoms with E-state index in [9.17, 15) is 9.59 Å². The van der Waals surface area contributed by atoms with Crippen molar-refractivity contribution in [3.8, 4) is 0 Å². The number of hydrogen-bond donors (Lipinski definition) is 1. The van der Waals surface area contributed by atoms with E-state index in [1.54, 1.807) is 31.3 Å². The molecule has 136 valence electrons. The van der Waals surface area contributed by atoms with E-state index in [0.29, 0.717) is 10.8 Å². The number of carbonyl (C=O) groups is 1. The first-order valence-electron chi connectivity index (χ1n) is 9.45. The number of rotatable bonds is 2. The maximum Gasteiger partial charge on any atom is 0.292 e. The molecule has 4 rings (SSSR count). The molecule has 2 aromatic rings. The zero-order valence-corrected chi connectivity index (χ0v) is 15.1. The summed E-state index contributed by atoms with van der Waals surface area (Å²) in [5.74, 6) is 1.20. The molecule has 2 saturated carbocycles. The number of carbonyl (C=O) groups excluding carboxylic acids is 1. The van der Waals surface area contributed by atoms with Gasteiger partial charge in [-0.05, 0) is 43.6 Å². The van der Waals surface area contributed by atoms with Gasteiger partial charge in [0.2, 0.25) is 0 Å². The van der Waals surface area contributed by atoms with Gasteiger partial charge < -0.3 is 0 Å². The normalized spacial score (nSPS) is 24.4. The van der Waals surface area contributed by atoms with Gasteiger partial charge in [0, 0.05) is 18.1 Å². The smallest absolute Gasteiger partial charge is 0.267 e. The summed E-state index contributed by atoms with van der Waals surface area (Å²) in [5.41, 5.74) is 3.78. The van der Waals surface area contributed by atoms with Crippen molar-refractivity contribution in [2.75, 3.05) is 0 Å². The number of nitrogens with zero attached hydrogens (tertiary/aromatic N) is 3. The molecule has 2 aliphatic rings. The molecule has 0 bridgehead atoms. The van der Waals surface area contributed by atoms with Gasteiger partial charge in [-0.25, -0.2) is 10.1 Å². The highest BCUT2D eigenvalue weighted by molar-refractivity contribution is 6.05. The van der Waals surface area contributed by atoms with Gasteiger partial charge >= 0.3 is 0 Å². The molecule has 0 spiro atoms. The maximum absolute atomic E-state index is 12.7. The fourth-order valence-corrected chi connectivity index (χ4v) is 4.44. The zero-order chi connectivity index (χ0) is 18.1. The van der Waals surface area contributed by atoms with E-state index in [1.807, 2.05) is 0 Å². The highest BCUT2D eigenvalue weighted by Crippen LogP contribution is 2.39. The van der Waals surface area contributed by atoms with Gasteiger partial charge in [0.25, 0.3) is 11.5 Å². The van der Waals surface area contributed by atoms with E-state index in [1.165, 1.54) is 36.8 Å². The molecule has 2 aliphatic carbocycles. The Morgan fingerprint density at radius 1 is 1.15 bits per heavy atom. The van der Waals surface area contributed by atoms with Crippen molar-refractivity contribution in [2.45, 2.75) is 44.9 Å². The third-order valence-corrected chi connectivity index (χ3v) is 5.86. The van der Waals surface area contributed by atoms with Crippen LogP contribution in [0.2, 0.25) is 0 Å². The van der Waals surface area contributed by atoms with Gasteiger partial charge in [-0.1, -0.05) is 37.5 Å². The van der Waals surface area contributed by atoms with Crippen molar-refractivity contribution in [3.63, 3.8) is 0 Å². The third-order valence-electron chi connectivity index (χ3n) is 5.86. The highest BCUT2D eigenvalue weighted by Gasteiger charge is 2.30. The summed E-state index contributed by atoms with van der Waals surface area (Å²) >= 11 is 0. The van der Waals surface area contributed by atoms with Crippen LogP contribution < -0.4 is 11.0 Å². The topological polar surface area (TPSA) is 76.3 Å². The van der Waals surface area contributed by atoms with Gasteiger partial charge in [0.15, 0.2) is 5.69 Å². The standard InChI is InChI=1S/C20H24N4O2/c1-24-20(26)17-9-5-4-8-16(17)18(23-24)19(25)22-21-15-11-10-13-6-2-3-7-14(13)12-15/h4-5,8-9,13-14H,2-3,6-7,10-12H2,1H3,(H,22,25)/b21-15-/t13-,14-/m0/s1. The summed E-state index contributed by atoms with van der Waals surface area (Å²) in [6, 6.07) is 7.05.